The molecule has 0 spiro atoms. The number of phosphoric acid groups is 2. The van der Waals surface area contributed by atoms with Gasteiger partial charge in [-0.3, -0.25) is 4.52 Å². The summed E-state index contributed by atoms with van der Waals surface area (Å²) in [7, 11) is -9.54. The summed E-state index contributed by atoms with van der Waals surface area (Å²) < 4.78 is 31.7. The van der Waals surface area contributed by atoms with Gasteiger partial charge in [0.2, 0.25) is 0 Å². The predicted molar refractivity (Wildman–Crippen MR) is 36.1 cm³/mol. The Kier molecular flexibility index (Phi) is 4.54. The average Bonchev–Trinajstić information content (AvgIpc) is 1.84. The van der Waals surface area contributed by atoms with Crippen LogP contribution in [0.15, 0.2) is 0 Å². The topological polar surface area (TPSA) is 123 Å². The van der Waals surface area contributed by atoms with Crippen molar-refractivity contribution in [1.82, 2.24) is 0 Å². The Hall–Kier alpha value is 0.220. The van der Waals surface area contributed by atoms with E-state index in [9.17, 15) is 9.13 Å². The molecule has 1 unspecified atom stereocenters. The van der Waals surface area contributed by atoms with Gasteiger partial charge in [-0.25, -0.2) is 14.4 Å². The molecule has 0 saturated carbocycles. The third kappa shape index (κ3) is 4.97. The Morgan fingerprint density at radius 3 is 2.08 bits per heavy atom. The van der Waals surface area contributed by atoms with Gasteiger partial charge in [0.25, 0.3) is 0 Å². The maximum absolute atomic E-state index is 10.8. The molecule has 0 aromatic carbocycles. The van der Waals surface area contributed by atoms with Crippen LogP contribution >= 0.6 is 15.6 Å². The second-order valence-electron chi connectivity index (χ2n) is 1.52. The Bertz CT molecular complexity index is 217. The average molecular weight is 222 g/mol. The summed E-state index contributed by atoms with van der Waals surface area (Å²) in [5.41, 5.74) is 0. The molecular formula is C2H8O8P2. The largest absolute Gasteiger partial charge is 0.510 e. The third-order valence-corrected chi connectivity index (χ3v) is 3.02. The lowest BCUT2D eigenvalue weighted by molar-refractivity contribution is -0.161. The fourth-order valence-corrected chi connectivity index (χ4v) is 2.06. The van der Waals surface area contributed by atoms with E-state index in [-0.39, 0.29) is 6.61 Å². The summed E-state index contributed by atoms with van der Waals surface area (Å²) in [6, 6.07) is 0. The minimum absolute atomic E-state index is 0.197. The van der Waals surface area contributed by atoms with Crippen LogP contribution in [0.2, 0.25) is 0 Å². The predicted octanol–water partition coefficient (Wildman–Crippen LogP) is 0.730. The highest BCUT2D eigenvalue weighted by molar-refractivity contribution is 7.61. The highest BCUT2D eigenvalue weighted by atomic mass is 31.3. The minimum atomic E-state index is -5.01. The van der Waals surface area contributed by atoms with Crippen LogP contribution in [0.3, 0.4) is 0 Å². The maximum atomic E-state index is 10.8. The van der Waals surface area contributed by atoms with Gasteiger partial charge in [-0.1, -0.05) is 0 Å². The van der Waals surface area contributed by atoms with Crippen LogP contribution < -0.4 is 0 Å². The molecule has 0 saturated heterocycles. The zero-order valence-electron chi connectivity index (χ0n) is 5.98. The molecule has 0 radical (unpaired) electrons. The van der Waals surface area contributed by atoms with E-state index in [0.29, 0.717) is 0 Å². The molecule has 0 rings (SSSR count). The zero-order chi connectivity index (χ0) is 9.83. The molecule has 12 heavy (non-hydrogen) atoms. The van der Waals surface area contributed by atoms with E-state index < -0.39 is 15.6 Å². The normalized spacial score (nSPS) is 17.3. The van der Waals surface area contributed by atoms with Gasteiger partial charge in [0, 0.05) is 0 Å². The lowest BCUT2D eigenvalue weighted by Crippen LogP contribution is -1.96. The first-order chi connectivity index (χ1) is 5.33. The van der Waals surface area contributed by atoms with Crippen molar-refractivity contribution in [2.45, 2.75) is 6.92 Å². The standard InChI is InChI=1S/C2H8O8P2/c1-2-8-12(7,9-3)10-11(4,5)6/h3H,2H2,1H3,(H2,4,5,6). The first-order valence-corrected chi connectivity index (χ1v) is 5.66. The second-order valence-corrected chi connectivity index (χ2v) is 4.47. The first kappa shape index (κ1) is 12.2. The van der Waals surface area contributed by atoms with Gasteiger partial charge >= 0.3 is 15.6 Å². The van der Waals surface area contributed by atoms with Crippen molar-refractivity contribution in [2.24, 2.45) is 0 Å². The van der Waals surface area contributed by atoms with Crippen molar-refractivity contribution >= 4 is 15.6 Å². The van der Waals surface area contributed by atoms with Crippen molar-refractivity contribution in [3.05, 3.63) is 0 Å². The summed E-state index contributed by atoms with van der Waals surface area (Å²) in [6.07, 6.45) is 0. The van der Waals surface area contributed by atoms with Crippen LogP contribution in [0.25, 0.3) is 0 Å². The molecule has 8 nitrogen and oxygen atoms in total. The number of hydrogen-bond acceptors (Lipinski definition) is 6. The molecule has 3 N–H and O–H groups in total. The van der Waals surface area contributed by atoms with Crippen LogP contribution in [0, 0.1) is 0 Å². The van der Waals surface area contributed by atoms with Gasteiger partial charge < -0.3 is 9.79 Å². The first-order valence-electron chi connectivity index (χ1n) is 2.67. The summed E-state index contributed by atoms with van der Waals surface area (Å²) in [5, 5.41) is 7.92. The molecule has 74 valence electrons. The van der Waals surface area contributed by atoms with Gasteiger partial charge in [-0.05, 0) is 6.92 Å². The molecule has 0 aromatic rings. The summed E-state index contributed by atoms with van der Waals surface area (Å²) >= 11 is 0. The van der Waals surface area contributed by atoms with E-state index in [4.69, 9.17) is 15.0 Å². The lowest BCUT2D eigenvalue weighted by atomic mass is 10.9. The highest BCUT2D eigenvalue weighted by Gasteiger charge is 2.35. The molecule has 0 fully saturated rings. The van der Waals surface area contributed by atoms with Gasteiger partial charge in [-0.15, -0.1) is 4.67 Å². The molecule has 0 heterocycles. The van der Waals surface area contributed by atoms with Crippen LogP contribution in [-0.2, 0) is 22.6 Å². The molecule has 10 heteroatoms. The van der Waals surface area contributed by atoms with E-state index >= 15 is 0 Å². The molecule has 0 amide bonds. The maximum Gasteiger partial charge on any atom is 0.510 e. The van der Waals surface area contributed by atoms with Crippen LogP contribution in [0.5, 0.6) is 0 Å². The SMILES string of the molecule is CCOP(=O)(OO)OP(=O)(O)O. The zero-order valence-corrected chi connectivity index (χ0v) is 7.77. The van der Waals surface area contributed by atoms with Crippen LogP contribution in [0.1, 0.15) is 6.92 Å². The highest BCUT2D eigenvalue weighted by Crippen LogP contribution is 2.60. The summed E-state index contributed by atoms with van der Waals surface area (Å²) in [4.78, 5) is 16.3. The van der Waals surface area contributed by atoms with Gasteiger partial charge in [0.15, 0.2) is 0 Å². The molecule has 0 aliphatic carbocycles. The quantitative estimate of drug-likeness (QED) is 0.353. The van der Waals surface area contributed by atoms with Gasteiger partial charge in [0.1, 0.15) is 0 Å². The Labute approximate surface area is 67.9 Å². The number of hydrogen-bond donors (Lipinski definition) is 3. The summed E-state index contributed by atoms with van der Waals surface area (Å²) in [5.74, 6) is 0. The fraction of sp³-hybridized carbons (Fsp3) is 1.00. The van der Waals surface area contributed by atoms with Gasteiger partial charge in [-0.2, -0.15) is 4.31 Å². The lowest BCUT2D eigenvalue weighted by Gasteiger charge is -2.12. The van der Waals surface area contributed by atoms with Crippen molar-refractivity contribution in [1.29, 1.82) is 0 Å². The smallest absolute Gasteiger partial charge is 0.302 e. The Balaban J connectivity index is 4.35. The molecule has 0 aromatic heterocycles. The van der Waals surface area contributed by atoms with Gasteiger partial charge in [0.05, 0.1) is 6.61 Å². The molecule has 1 atom stereocenters. The van der Waals surface area contributed by atoms with Crippen molar-refractivity contribution in [2.75, 3.05) is 6.61 Å². The van der Waals surface area contributed by atoms with E-state index in [0.717, 1.165) is 0 Å². The fourth-order valence-electron chi connectivity index (χ4n) is 0.350. The van der Waals surface area contributed by atoms with E-state index in [1.165, 1.54) is 6.92 Å². The Morgan fingerprint density at radius 1 is 1.33 bits per heavy atom. The second kappa shape index (κ2) is 4.45. The summed E-state index contributed by atoms with van der Waals surface area (Å²) in [6.45, 7) is 1.17. The van der Waals surface area contributed by atoms with Crippen LogP contribution in [0.4, 0.5) is 0 Å². The minimum Gasteiger partial charge on any atom is -0.302 e. The molecule has 0 aliphatic heterocycles. The van der Waals surface area contributed by atoms with Crippen molar-refractivity contribution in [3.8, 4) is 0 Å². The van der Waals surface area contributed by atoms with E-state index in [2.05, 4.69) is 13.5 Å². The molecule has 0 bridgehead atoms. The van der Waals surface area contributed by atoms with E-state index in [1.54, 1.807) is 0 Å². The monoisotopic (exact) mass is 222 g/mol. The number of rotatable bonds is 5. The third-order valence-electron chi connectivity index (χ3n) is 0.594. The van der Waals surface area contributed by atoms with Crippen LogP contribution in [-0.4, -0.2) is 21.7 Å². The molecular weight excluding hydrogens is 214 g/mol. The molecule has 0 aliphatic rings. The Morgan fingerprint density at radius 2 is 1.83 bits per heavy atom. The van der Waals surface area contributed by atoms with E-state index in [1.807, 2.05) is 0 Å². The van der Waals surface area contributed by atoms with Crippen molar-refractivity contribution < 1.29 is 37.7 Å². The van der Waals surface area contributed by atoms with Crippen molar-refractivity contribution in [3.63, 3.8) is 0 Å².